The first kappa shape index (κ1) is 18.5. The van der Waals surface area contributed by atoms with Gasteiger partial charge in [0.25, 0.3) is 0 Å². The zero-order valence-corrected chi connectivity index (χ0v) is 14.8. The normalized spacial score (nSPS) is 26.3. The maximum atomic E-state index is 13.4. The molecule has 3 atom stereocenters. The number of halogens is 3. The van der Waals surface area contributed by atoms with Crippen molar-refractivity contribution in [3.8, 4) is 11.4 Å². The fraction of sp³-hybridized carbons (Fsp3) is 0.526. The predicted octanol–water partition coefficient (Wildman–Crippen LogP) is 2.97. The van der Waals surface area contributed by atoms with E-state index in [0.717, 1.165) is 25.6 Å². The Balaban J connectivity index is 1.60. The highest BCUT2D eigenvalue weighted by atomic mass is 19.4. The first-order chi connectivity index (χ1) is 13.0. The molecule has 2 aromatic rings. The number of nitrogens with zero attached hydrogens (tertiary/aromatic N) is 3. The number of hydrogen-bond acceptors (Lipinski definition) is 4. The number of aliphatic hydroxyl groups is 1. The van der Waals surface area contributed by atoms with Crippen molar-refractivity contribution in [2.24, 2.45) is 0 Å². The molecular formula is C19H22F3N3O2. The molecule has 0 saturated carbocycles. The van der Waals surface area contributed by atoms with Crippen LogP contribution in [0.5, 0.6) is 0 Å². The van der Waals surface area contributed by atoms with Gasteiger partial charge in [-0.3, -0.25) is 4.90 Å². The average Bonchev–Trinajstić information content (AvgIpc) is 3.27. The third-order valence-corrected chi connectivity index (χ3v) is 5.45. The van der Waals surface area contributed by atoms with Gasteiger partial charge in [0.2, 0.25) is 0 Å². The number of benzene rings is 1. The lowest BCUT2D eigenvalue weighted by Gasteiger charge is -2.34. The molecule has 146 valence electrons. The molecule has 0 aliphatic carbocycles. The summed E-state index contributed by atoms with van der Waals surface area (Å²) in [5, 5.41) is 9.11. The van der Waals surface area contributed by atoms with Gasteiger partial charge >= 0.3 is 6.18 Å². The van der Waals surface area contributed by atoms with Gasteiger partial charge < -0.3 is 14.4 Å². The second-order valence-electron chi connectivity index (χ2n) is 7.17. The van der Waals surface area contributed by atoms with Gasteiger partial charge in [0, 0.05) is 49.7 Å². The van der Waals surface area contributed by atoms with E-state index in [1.54, 1.807) is 18.5 Å². The Hall–Kier alpha value is -1.90. The van der Waals surface area contributed by atoms with E-state index in [1.165, 1.54) is 12.1 Å². The van der Waals surface area contributed by atoms with E-state index in [9.17, 15) is 13.2 Å². The molecule has 0 spiro atoms. The Morgan fingerprint density at radius 1 is 1.19 bits per heavy atom. The van der Waals surface area contributed by atoms with Crippen LogP contribution in [-0.2, 0) is 10.9 Å². The number of morpholine rings is 1. The van der Waals surface area contributed by atoms with Crippen LogP contribution in [0.4, 0.5) is 13.2 Å². The number of alkyl halides is 3. The van der Waals surface area contributed by atoms with E-state index in [0.29, 0.717) is 18.9 Å². The van der Waals surface area contributed by atoms with Crippen molar-refractivity contribution >= 4 is 0 Å². The van der Waals surface area contributed by atoms with Gasteiger partial charge in [-0.05, 0) is 18.9 Å². The minimum atomic E-state index is -4.42. The van der Waals surface area contributed by atoms with Gasteiger partial charge in [0.1, 0.15) is 5.82 Å². The first-order valence-electron chi connectivity index (χ1n) is 9.13. The molecule has 27 heavy (non-hydrogen) atoms. The monoisotopic (exact) mass is 381 g/mol. The van der Waals surface area contributed by atoms with Crippen molar-refractivity contribution < 1.29 is 23.0 Å². The Labute approximate surface area is 155 Å². The highest BCUT2D eigenvalue weighted by Crippen LogP contribution is 2.39. The van der Waals surface area contributed by atoms with Gasteiger partial charge in [-0.1, -0.05) is 18.2 Å². The Kier molecular flexibility index (Phi) is 4.96. The van der Waals surface area contributed by atoms with Gasteiger partial charge in [0.15, 0.2) is 0 Å². The van der Waals surface area contributed by atoms with Gasteiger partial charge in [-0.2, -0.15) is 13.2 Å². The summed E-state index contributed by atoms with van der Waals surface area (Å²) in [5.41, 5.74) is -0.561. The summed E-state index contributed by atoms with van der Waals surface area (Å²) in [6.07, 6.45) is 0.319. The molecule has 2 aliphatic rings. The van der Waals surface area contributed by atoms with Crippen LogP contribution < -0.4 is 0 Å². The van der Waals surface area contributed by atoms with Gasteiger partial charge in [-0.25, -0.2) is 4.98 Å². The highest BCUT2D eigenvalue weighted by Gasteiger charge is 2.39. The predicted molar refractivity (Wildman–Crippen MR) is 93.1 cm³/mol. The van der Waals surface area contributed by atoms with Crippen molar-refractivity contribution in [3.05, 3.63) is 42.2 Å². The van der Waals surface area contributed by atoms with E-state index in [-0.39, 0.29) is 30.4 Å². The van der Waals surface area contributed by atoms with Crippen molar-refractivity contribution in [1.29, 1.82) is 0 Å². The van der Waals surface area contributed by atoms with Crippen molar-refractivity contribution in [1.82, 2.24) is 14.5 Å². The maximum Gasteiger partial charge on any atom is 0.417 e. The second-order valence-corrected chi connectivity index (χ2v) is 7.17. The minimum Gasteiger partial charge on any atom is -0.396 e. The quantitative estimate of drug-likeness (QED) is 0.885. The fourth-order valence-corrected chi connectivity index (χ4v) is 4.18. The molecule has 2 aliphatic heterocycles. The molecule has 5 nitrogen and oxygen atoms in total. The number of imidazole rings is 1. The van der Waals surface area contributed by atoms with Crippen LogP contribution in [0.2, 0.25) is 0 Å². The lowest BCUT2D eigenvalue weighted by molar-refractivity contribution is -0.137. The zero-order valence-electron chi connectivity index (χ0n) is 14.8. The maximum absolute atomic E-state index is 13.4. The Morgan fingerprint density at radius 2 is 2.00 bits per heavy atom. The molecule has 1 aromatic carbocycles. The van der Waals surface area contributed by atoms with Crippen molar-refractivity contribution in [2.75, 3.05) is 26.3 Å². The summed E-state index contributed by atoms with van der Waals surface area (Å²) in [6, 6.07) is 5.87. The van der Waals surface area contributed by atoms with E-state index in [1.807, 2.05) is 4.57 Å². The van der Waals surface area contributed by atoms with Crippen LogP contribution in [0.3, 0.4) is 0 Å². The smallest absolute Gasteiger partial charge is 0.396 e. The lowest BCUT2D eigenvalue weighted by atomic mass is 10.1. The molecule has 0 bridgehead atoms. The van der Waals surface area contributed by atoms with E-state index in [4.69, 9.17) is 9.84 Å². The summed E-state index contributed by atoms with van der Waals surface area (Å²) in [7, 11) is 0. The first-order valence-corrected chi connectivity index (χ1v) is 9.13. The molecule has 0 unspecified atom stereocenters. The zero-order chi connectivity index (χ0) is 19.0. The lowest BCUT2D eigenvalue weighted by Crippen LogP contribution is -2.46. The van der Waals surface area contributed by atoms with Crippen molar-refractivity contribution in [3.63, 3.8) is 0 Å². The SMILES string of the molecule is OCC[C@H]1CN2C[C@H](n3ccnc3-c3ccccc3C(F)(F)F)C[C@H]2CO1. The van der Waals surface area contributed by atoms with Gasteiger partial charge in [-0.15, -0.1) is 0 Å². The van der Waals surface area contributed by atoms with Crippen LogP contribution >= 0.6 is 0 Å². The average molecular weight is 381 g/mol. The molecule has 3 heterocycles. The number of rotatable bonds is 4. The molecule has 1 N–H and O–H groups in total. The Bertz CT molecular complexity index is 793. The molecule has 2 saturated heterocycles. The molecule has 1 aromatic heterocycles. The molecule has 4 rings (SSSR count). The summed E-state index contributed by atoms with van der Waals surface area (Å²) in [6.45, 7) is 2.16. The molecular weight excluding hydrogens is 359 g/mol. The third kappa shape index (κ3) is 3.61. The molecule has 0 radical (unpaired) electrons. The summed E-state index contributed by atoms with van der Waals surface area (Å²) in [5.74, 6) is 0.348. The van der Waals surface area contributed by atoms with Crippen LogP contribution in [0, 0.1) is 0 Å². The van der Waals surface area contributed by atoms with Crippen LogP contribution in [-0.4, -0.2) is 58.0 Å². The fourth-order valence-electron chi connectivity index (χ4n) is 4.18. The molecule has 8 heteroatoms. The van der Waals surface area contributed by atoms with Crippen LogP contribution in [0.25, 0.3) is 11.4 Å². The number of hydrogen-bond donors (Lipinski definition) is 1. The number of aliphatic hydroxyl groups excluding tert-OH is 1. The number of ether oxygens (including phenoxy) is 1. The summed E-state index contributed by atoms with van der Waals surface area (Å²) in [4.78, 5) is 6.56. The van der Waals surface area contributed by atoms with Gasteiger partial charge in [0.05, 0.1) is 18.3 Å². The standard InChI is InChI=1S/C19H22F3N3O2/c20-19(21,22)17-4-2-1-3-16(17)18-23-6-7-25(18)13-9-14-12-27-15(5-8-26)11-24(14)10-13/h1-4,6-7,13-15,26H,5,8-12H2/t13-,14+,15+/m1/s1. The van der Waals surface area contributed by atoms with Crippen molar-refractivity contribution in [2.45, 2.75) is 37.2 Å². The summed E-state index contributed by atoms with van der Waals surface area (Å²) >= 11 is 0. The highest BCUT2D eigenvalue weighted by molar-refractivity contribution is 5.62. The minimum absolute atomic E-state index is 0.0122. The molecule has 0 amide bonds. The van der Waals surface area contributed by atoms with Crippen LogP contribution in [0.15, 0.2) is 36.7 Å². The largest absolute Gasteiger partial charge is 0.417 e. The third-order valence-electron chi connectivity index (χ3n) is 5.45. The number of fused-ring (bicyclic) bond motifs is 1. The van der Waals surface area contributed by atoms with E-state index in [2.05, 4.69) is 9.88 Å². The molecule has 2 fully saturated rings. The topological polar surface area (TPSA) is 50.5 Å². The van der Waals surface area contributed by atoms with Crippen LogP contribution in [0.1, 0.15) is 24.4 Å². The second kappa shape index (κ2) is 7.26. The summed E-state index contributed by atoms with van der Waals surface area (Å²) < 4.78 is 47.9. The Morgan fingerprint density at radius 3 is 2.78 bits per heavy atom. The van der Waals surface area contributed by atoms with E-state index >= 15 is 0 Å². The van der Waals surface area contributed by atoms with E-state index < -0.39 is 11.7 Å². The number of aromatic nitrogens is 2.